The molecular weight excluding hydrogens is 208 g/mol. The van der Waals surface area contributed by atoms with Gasteiger partial charge in [0, 0.05) is 18.6 Å². The molecule has 1 aliphatic heterocycles. The maximum atomic E-state index is 3.63. The van der Waals surface area contributed by atoms with Gasteiger partial charge >= 0.3 is 0 Å². The van der Waals surface area contributed by atoms with E-state index in [9.17, 15) is 0 Å². The van der Waals surface area contributed by atoms with Gasteiger partial charge in [0.25, 0.3) is 0 Å². The van der Waals surface area contributed by atoms with Crippen LogP contribution in [0.15, 0.2) is 11.6 Å². The van der Waals surface area contributed by atoms with Crippen LogP contribution >= 0.6 is 0 Å². The van der Waals surface area contributed by atoms with Crippen molar-refractivity contribution < 1.29 is 0 Å². The van der Waals surface area contributed by atoms with E-state index in [2.05, 4.69) is 30.1 Å². The molecule has 1 aliphatic carbocycles. The Balaban J connectivity index is 1.79. The van der Waals surface area contributed by atoms with Gasteiger partial charge in [-0.3, -0.25) is 0 Å². The number of nitrogens with zero attached hydrogens (tertiary/aromatic N) is 1. The Morgan fingerprint density at radius 3 is 2.94 bits per heavy atom. The van der Waals surface area contributed by atoms with Crippen LogP contribution in [0.5, 0.6) is 0 Å². The van der Waals surface area contributed by atoms with Crippen LogP contribution < -0.4 is 5.32 Å². The van der Waals surface area contributed by atoms with Crippen LogP contribution in [0.3, 0.4) is 0 Å². The topological polar surface area (TPSA) is 15.3 Å². The zero-order valence-electron chi connectivity index (χ0n) is 11.6. The molecule has 2 heteroatoms. The SMILES string of the molecule is CC1(C)CN(CCC2=CCCCC2)CCCN1. The van der Waals surface area contributed by atoms with Gasteiger partial charge in [-0.2, -0.15) is 0 Å². The Labute approximate surface area is 106 Å². The summed E-state index contributed by atoms with van der Waals surface area (Å²) in [7, 11) is 0. The minimum atomic E-state index is 0.289. The predicted molar refractivity (Wildman–Crippen MR) is 74.3 cm³/mol. The summed E-state index contributed by atoms with van der Waals surface area (Å²) in [6.07, 6.45) is 10.6. The molecule has 0 unspecified atom stereocenters. The van der Waals surface area contributed by atoms with Crippen molar-refractivity contribution in [2.45, 2.75) is 57.9 Å². The van der Waals surface area contributed by atoms with Gasteiger partial charge in [0.1, 0.15) is 0 Å². The van der Waals surface area contributed by atoms with Crippen LogP contribution in [-0.2, 0) is 0 Å². The van der Waals surface area contributed by atoms with Gasteiger partial charge in [-0.1, -0.05) is 11.6 Å². The van der Waals surface area contributed by atoms with Crippen molar-refractivity contribution in [2.24, 2.45) is 0 Å². The molecule has 0 amide bonds. The van der Waals surface area contributed by atoms with E-state index in [0.717, 1.165) is 0 Å². The van der Waals surface area contributed by atoms with Crippen molar-refractivity contribution in [2.75, 3.05) is 26.2 Å². The van der Waals surface area contributed by atoms with Gasteiger partial charge in [0.05, 0.1) is 0 Å². The first-order valence-electron chi connectivity index (χ1n) is 7.31. The van der Waals surface area contributed by atoms with Gasteiger partial charge in [0.2, 0.25) is 0 Å². The lowest BCUT2D eigenvalue weighted by Gasteiger charge is -2.30. The molecule has 0 aromatic carbocycles. The van der Waals surface area contributed by atoms with Crippen molar-refractivity contribution in [1.82, 2.24) is 10.2 Å². The Bertz CT molecular complexity index is 268. The summed E-state index contributed by atoms with van der Waals surface area (Å²) in [6.45, 7) is 9.55. The lowest BCUT2D eigenvalue weighted by molar-refractivity contribution is 0.232. The molecule has 1 N–H and O–H groups in total. The summed E-state index contributed by atoms with van der Waals surface area (Å²) < 4.78 is 0. The molecule has 0 saturated carbocycles. The first kappa shape index (κ1) is 13.1. The van der Waals surface area contributed by atoms with Crippen molar-refractivity contribution in [1.29, 1.82) is 0 Å². The Hall–Kier alpha value is -0.340. The standard InChI is InChI=1S/C15H28N2/c1-15(2)13-17(11-6-10-16-15)12-9-14-7-4-3-5-8-14/h7,16H,3-6,8-13H2,1-2H3. The van der Waals surface area contributed by atoms with Gasteiger partial charge in [-0.15, -0.1) is 0 Å². The van der Waals surface area contributed by atoms with E-state index >= 15 is 0 Å². The first-order valence-corrected chi connectivity index (χ1v) is 7.31. The molecule has 0 atom stereocenters. The molecule has 2 rings (SSSR count). The van der Waals surface area contributed by atoms with Crippen LogP contribution in [0, 0.1) is 0 Å². The normalized spacial score (nSPS) is 26.4. The fourth-order valence-electron chi connectivity index (χ4n) is 3.05. The van der Waals surface area contributed by atoms with Gasteiger partial charge in [-0.25, -0.2) is 0 Å². The second kappa shape index (κ2) is 6.01. The second-order valence-corrected chi connectivity index (χ2v) is 6.30. The van der Waals surface area contributed by atoms with E-state index in [1.807, 2.05) is 0 Å². The maximum absolute atomic E-state index is 3.63. The first-order chi connectivity index (χ1) is 8.16. The van der Waals surface area contributed by atoms with E-state index in [-0.39, 0.29) is 5.54 Å². The molecule has 0 spiro atoms. The smallest absolute Gasteiger partial charge is 0.0252 e. The largest absolute Gasteiger partial charge is 0.310 e. The fourth-order valence-corrected chi connectivity index (χ4v) is 3.05. The van der Waals surface area contributed by atoms with Crippen LogP contribution in [0.4, 0.5) is 0 Å². The molecule has 17 heavy (non-hydrogen) atoms. The highest BCUT2D eigenvalue weighted by molar-refractivity contribution is 5.05. The van der Waals surface area contributed by atoms with E-state index < -0.39 is 0 Å². The van der Waals surface area contributed by atoms with Gasteiger partial charge < -0.3 is 10.2 Å². The molecule has 1 heterocycles. The van der Waals surface area contributed by atoms with Gasteiger partial charge in [0.15, 0.2) is 0 Å². The van der Waals surface area contributed by atoms with E-state index in [0.29, 0.717) is 0 Å². The molecular formula is C15H28N2. The zero-order valence-corrected chi connectivity index (χ0v) is 11.6. The Morgan fingerprint density at radius 2 is 2.18 bits per heavy atom. The highest BCUT2D eigenvalue weighted by Gasteiger charge is 2.23. The molecule has 0 aromatic heterocycles. The van der Waals surface area contributed by atoms with E-state index in [4.69, 9.17) is 0 Å². The summed E-state index contributed by atoms with van der Waals surface area (Å²) in [5.41, 5.74) is 2.00. The average molecular weight is 236 g/mol. The monoisotopic (exact) mass is 236 g/mol. The number of allylic oxidation sites excluding steroid dienone is 1. The molecule has 98 valence electrons. The third kappa shape index (κ3) is 4.44. The molecule has 0 bridgehead atoms. The quantitative estimate of drug-likeness (QED) is 0.758. The van der Waals surface area contributed by atoms with E-state index in [1.165, 1.54) is 64.7 Å². The number of nitrogens with one attached hydrogen (secondary N) is 1. The summed E-state index contributed by atoms with van der Waals surface area (Å²) in [4.78, 5) is 2.65. The van der Waals surface area contributed by atoms with Crippen molar-refractivity contribution in [3.05, 3.63) is 11.6 Å². The zero-order chi connectivity index (χ0) is 12.1. The van der Waals surface area contributed by atoms with Crippen LogP contribution in [-0.4, -0.2) is 36.6 Å². The highest BCUT2D eigenvalue weighted by Crippen LogP contribution is 2.21. The van der Waals surface area contributed by atoms with Crippen LogP contribution in [0.2, 0.25) is 0 Å². The summed E-state index contributed by atoms with van der Waals surface area (Å²) in [5.74, 6) is 0. The van der Waals surface area contributed by atoms with Gasteiger partial charge in [-0.05, 0) is 65.5 Å². The van der Waals surface area contributed by atoms with Crippen molar-refractivity contribution in [3.63, 3.8) is 0 Å². The molecule has 1 fully saturated rings. The third-order valence-electron chi connectivity index (χ3n) is 4.01. The molecule has 2 nitrogen and oxygen atoms in total. The Kier molecular flexibility index (Phi) is 4.63. The molecule has 0 radical (unpaired) electrons. The third-order valence-corrected chi connectivity index (χ3v) is 4.01. The lowest BCUT2D eigenvalue weighted by atomic mass is 9.97. The average Bonchev–Trinajstić information content (AvgIpc) is 2.49. The Morgan fingerprint density at radius 1 is 1.29 bits per heavy atom. The van der Waals surface area contributed by atoms with Crippen molar-refractivity contribution >= 4 is 0 Å². The van der Waals surface area contributed by atoms with E-state index in [1.54, 1.807) is 5.57 Å². The molecule has 0 aromatic rings. The number of rotatable bonds is 3. The lowest BCUT2D eigenvalue weighted by Crippen LogP contribution is -2.46. The summed E-state index contributed by atoms with van der Waals surface area (Å²) >= 11 is 0. The fraction of sp³-hybridized carbons (Fsp3) is 0.867. The predicted octanol–water partition coefficient (Wildman–Crippen LogP) is 2.95. The summed E-state index contributed by atoms with van der Waals surface area (Å²) in [6, 6.07) is 0. The summed E-state index contributed by atoms with van der Waals surface area (Å²) in [5, 5.41) is 3.63. The highest BCUT2D eigenvalue weighted by atomic mass is 15.2. The van der Waals surface area contributed by atoms with Crippen molar-refractivity contribution in [3.8, 4) is 0 Å². The minimum absolute atomic E-state index is 0.289. The van der Waals surface area contributed by atoms with Crippen LogP contribution in [0.25, 0.3) is 0 Å². The number of hydrogen-bond donors (Lipinski definition) is 1. The maximum Gasteiger partial charge on any atom is 0.0252 e. The molecule has 1 saturated heterocycles. The van der Waals surface area contributed by atoms with Crippen LogP contribution in [0.1, 0.15) is 52.4 Å². The number of hydrogen-bond acceptors (Lipinski definition) is 2. The second-order valence-electron chi connectivity index (χ2n) is 6.30. The molecule has 2 aliphatic rings. The minimum Gasteiger partial charge on any atom is -0.310 e.